The monoisotopic (exact) mass is 561 g/mol. The van der Waals surface area contributed by atoms with Crippen LogP contribution in [0.3, 0.4) is 0 Å². The lowest BCUT2D eigenvalue weighted by Gasteiger charge is -2.33. The fourth-order valence-electron chi connectivity index (χ4n) is 4.39. The van der Waals surface area contributed by atoms with Gasteiger partial charge in [0.25, 0.3) is 0 Å². The van der Waals surface area contributed by atoms with E-state index in [2.05, 4.69) is 38.3 Å². The van der Waals surface area contributed by atoms with Gasteiger partial charge in [-0.2, -0.15) is 0 Å². The second-order valence-corrected chi connectivity index (χ2v) is 11.4. The second-order valence-electron chi connectivity index (χ2n) is 8.21. The van der Waals surface area contributed by atoms with Crippen molar-refractivity contribution in [2.75, 3.05) is 4.90 Å². The highest BCUT2D eigenvalue weighted by atomic mass is 79.9. The van der Waals surface area contributed by atoms with Crippen LogP contribution in [0.1, 0.15) is 13.3 Å². The summed E-state index contributed by atoms with van der Waals surface area (Å²) in [5, 5.41) is 10.0. The lowest BCUT2D eigenvalue weighted by atomic mass is 10.2. The molecule has 3 aromatic carbocycles. The molecule has 6 rings (SSSR count). The van der Waals surface area contributed by atoms with Gasteiger partial charge in [0.05, 0.1) is 22.1 Å². The van der Waals surface area contributed by atoms with E-state index in [-0.39, 0.29) is 11.2 Å². The first-order valence-corrected chi connectivity index (χ1v) is 13.7. The summed E-state index contributed by atoms with van der Waals surface area (Å²) in [6.45, 7) is 2.02. The number of benzene rings is 3. The Kier molecular flexibility index (Phi) is 5.78. The molecule has 35 heavy (non-hydrogen) atoms. The van der Waals surface area contributed by atoms with Gasteiger partial charge in [-0.15, -0.1) is 10.2 Å². The third-order valence-corrected chi connectivity index (χ3v) is 8.91. The molecule has 5 aromatic rings. The number of fused-ring (bicyclic) bond motifs is 5. The smallest absolute Gasteiger partial charge is 0.245 e. The van der Waals surface area contributed by atoms with Crippen molar-refractivity contribution in [2.45, 2.75) is 33.5 Å². The van der Waals surface area contributed by atoms with Crippen molar-refractivity contribution in [3.05, 3.63) is 71.2 Å². The predicted molar refractivity (Wildman–Crippen MR) is 146 cm³/mol. The Morgan fingerprint density at radius 3 is 2.40 bits per heavy atom. The Bertz CT molecular complexity index is 1570. The minimum Gasteiger partial charge on any atom is -0.327 e. The van der Waals surface area contributed by atoms with Crippen LogP contribution in [0.2, 0.25) is 0 Å². The van der Waals surface area contributed by atoms with E-state index in [0.717, 1.165) is 47.7 Å². The fourth-order valence-corrected chi connectivity index (χ4v) is 6.66. The average Bonchev–Trinajstić information content (AvgIpc) is 3.15. The maximum atomic E-state index is 14.0. The van der Waals surface area contributed by atoms with E-state index in [1.165, 1.54) is 11.8 Å². The zero-order valence-corrected chi connectivity index (χ0v) is 22.2. The Labute approximate surface area is 219 Å². The third-order valence-electron chi connectivity index (χ3n) is 6.09. The molecule has 0 N–H and O–H groups in total. The molecule has 174 valence electrons. The number of anilines is 2. The van der Waals surface area contributed by atoms with Crippen molar-refractivity contribution in [2.24, 2.45) is 7.05 Å². The zero-order chi connectivity index (χ0) is 24.1. The number of carbonyl (C=O) groups excluding carboxylic acids is 1. The summed E-state index contributed by atoms with van der Waals surface area (Å²) in [5.74, 6) is 0.0161. The third kappa shape index (κ3) is 3.82. The maximum Gasteiger partial charge on any atom is 0.245 e. The van der Waals surface area contributed by atoms with Crippen LogP contribution in [-0.4, -0.2) is 30.9 Å². The number of carbonyl (C=O) groups is 1. The number of aryl methyl sites for hydroxylation is 1. The van der Waals surface area contributed by atoms with E-state index >= 15 is 0 Å². The Balaban J connectivity index is 1.38. The largest absolute Gasteiger partial charge is 0.327 e. The van der Waals surface area contributed by atoms with Crippen LogP contribution in [-0.2, 0) is 11.8 Å². The van der Waals surface area contributed by atoms with E-state index in [4.69, 9.17) is 4.98 Å². The summed E-state index contributed by atoms with van der Waals surface area (Å²) in [5.41, 5.74) is 4.36. The molecule has 1 unspecified atom stereocenters. The van der Waals surface area contributed by atoms with Gasteiger partial charge in [-0.05, 0) is 48.9 Å². The number of nitrogens with zero attached hydrogens (tertiary/aromatic N) is 5. The van der Waals surface area contributed by atoms with Crippen LogP contribution in [0.4, 0.5) is 11.4 Å². The molecule has 0 saturated heterocycles. The summed E-state index contributed by atoms with van der Waals surface area (Å²) in [6.07, 6.45) is 0.640. The SMILES string of the molecule is CCC(Sc1nnc2c3cc(Br)ccc3n(C)c2n1)C(=O)N1c2ccccc2Sc2ccccc21. The van der Waals surface area contributed by atoms with Crippen molar-refractivity contribution in [3.63, 3.8) is 0 Å². The fraction of sp³-hybridized carbons (Fsp3) is 0.154. The van der Waals surface area contributed by atoms with Crippen LogP contribution >= 0.6 is 39.5 Å². The molecular formula is C26H20BrN5OS2. The van der Waals surface area contributed by atoms with Gasteiger partial charge >= 0.3 is 0 Å². The number of aromatic nitrogens is 4. The number of rotatable bonds is 4. The molecule has 0 radical (unpaired) electrons. The molecule has 0 fully saturated rings. The van der Waals surface area contributed by atoms with E-state index in [1.54, 1.807) is 11.8 Å². The van der Waals surface area contributed by atoms with Gasteiger partial charge in [0.2, 0.25) is 11.1 Å². The molecule has 2 aromatic heterocycles. The molecule has 0 aliphatic carbocycles. The van der Waals surface area contributed by atoms with Gasteiger partial charge in [0.1, 0.15) is 5.52 Å². The first kappa shape index (κ1) is 22.6. The first-order chi connectivity index (χ1) is 17.0. The van der Waals surface area contributed by atoms with Gasteiger partial charge in [-0.1, -0.05) is 70.6 Å². The van der Waals surface area contributed by atoms with Crippen LogP contribution in [0.25, 0.3) is 22.1 Å². The molecule has 0 spiro atoms. The van der Waals surface area contributed by atoms with Crippen LogP contribution in [0, 0.1) is 0 Å². The predicted octanol–water partition coefficient (Wildman–Crippen LogP) is 6.98. The van der Waals surface area contributed by atoms with Crippen LogP contribution in [0.15, 0.2) is 86.2 Å². The summed E-state index contributed by atoms with van der Waals surface area (Å²) in [7, 11) is 1.98. The molecule has 1 atom stereocenters. The summed E-state index contributed by atoms with van der Waals surface area (Å²) < 4.78 is 3.00. The molecular weight excluding hydrogens is 542 g/mol. The minimum atomic E-state index is -0.359. The molecule has 0 saturated carbocycles. The topological polar surface area (TPSA) is 63.9 Å². The normalized spacial score (nSPS) is 13.6. The highest BCUT2D eigenvalue weighted by Crippen LogP contribution is 2.48. The van der Waals surface area contributed by atoms with E-state index in [1.807, 2.05) is 78.0 Å². The second kappa shape index (κ2) is 8.96. The molecule has 3 heterocycles. The average molecular weight is 563 g/mol. The summed E-state index contributed by atoms with van der Waals surface area (Å²) in [6, 6.07) is 22.2. The van der Waals surface area contributed by atoms with Crippen molar-refractivity contribution < 1.29 is 4.79 Å². The van der Waals surface area contributed by atoms with Crippen molar-refractivity contribution in [3.8, 4) is 0 Å². The van der Waals surface area contributed by atoms with Crippen LogP contribution in [0.5, 0.6) is 0 Å². The first-order valence-electron chi connectivity index (χ1n) is 11.2. The van der Waals surface area contributed by atoms with Gasteiger partial charge in [-0.3, -0.25) is 9.69 Å². The number of para-hydroxylation sites is 2. The summed E-state index contributed by atoms with van der Waals surface area (Å²) >= 11 is 6.60. The summed E-state index contributed by atoms with van der Waals surface area (Å²) in [4.78, 5) is 22.8. The van der Waals surface area contributed by atoms with Crippen molar-refractivity contribution in [1.29, 1.82) is 0 Å². The van der Waals surface area contributed by atoms with Gasteiger partial charge in [-0.25, -0.2) is 4.98 Å². The number of thioether (sulfide) groups is 1. The molecule has 0 bridgehead atoms. The molecule has 1 amide bonds. The van der Waals surface area contributed by atoms with E-state index in [9.17, 15) is 4.79 Å². The number of hydrogen-bond donors (Lipinski definition) is 0. The van der Waals surface area contributed by atoms with Crippen molar-refractivity contribution >= 4 is 78.8 Å². The number of amides is 1. The highest BCUT2D eigenvalue weighted by Gasteiger charge is 2.33. The number of halogens is 1. The van der Waals surface area contributed by atoms with E-state index < -0.39 is 0 Å². The Morgan fingerprint density at radius 1 is 1.03 bits per heavy atom. The minimum absolute atomic E-state index is 0.0161. The maximum absolute atomic E-state index is 14.0. The molecule has 1 aliphatic rings. The van der Waals surface area contributed by atoms with Gasteiger partial charge in [0, 0.05) is 26.7 Å². The lowest BCUT2D eigenvalue weighted by molar-refractivity contribution is -0.117. The number of hydrogen-bond acceptors (Lipinski definition) is 6. The lowest BCUT2D eigenvalue weighted by Crippen LogP contribution is -2.35. The Hall–Kier alpha value is -2.88. The van der Waals surface area contributed by atoms with Gasteiger partial charge in [0.15, 0.2) is 5.65 Å². The molecule has 6 nitrogen and oxygen atoms in total. The van der Waals surface area contributed by atoms with E-state index in [0.29, 0.717) is 11.6 Å². The Morgan fingerprint density at radius 2 is 1.71 bits per heavy atom. The quantitative estimate of drug-likeness (QED) is 0.220. The molecule has 9 heteroatoms. The van der Waals surface area contributed by atoms with Crippen LogP contribution < -0.4 is 4.90 Å². The zero-order valence-electron chi connectivity index (χ0n) is 19.0. The highest BCUT2D eigenvalue weighted by molar-refractivity contribution is 9.10. The molecule has 1 aliphatic heterocycles. The standard InChI is InChI=1S/C26H20BrN5OS2/c1-3-20(25(33)32-18-8-4-6-10-21(18)34-22-11-7-5-9-19(22)32)35-26-28-24-23(29-30-26)16-14-15(27)12-13-17(16)31(24)2/h4-14,20H,3H2,1-2H3. The van der Waals surface area contributed by atoms with Crippen molar-refractivity contribution in [1.82, 2.24) is 19.7 Å². The van der Waals surface area contributed by atoms with Gasteiger partial charge < -0.3 is 4.57 Å².